The molecule has 2 aromatic heterocycles. The zero-order valence-corrected chi connectivity index (χ0v) is 22.9. The predicted octanol–water partition coefficient (Wildman–Crippen LogP) is 5.44. The summed E-state index contributed by atoms with van der Waals surface area (Å²) in [6.07, 6.45) is 0. The number of nitrogens with one attached hydrogen (secondary N) is 1. The van der Waals surface area contributed by atoms with Gasteiger partial charge in [-0.15, -0.1) is 21.5 Å². The molecule has 0 saturated heterocycles. The third-order valence-corrected chi connectivity index (χ3v) is 7.55. The Morgan fingerprint density at radius 1 is 1.16 bits per heavy atom. The van der Waals surface area contributed by atoms with Crippen LogP contribution in [0.25, 0.3) is 11.1 Å². The fourth-order valence-corrected chi connectivity index (χ4v) is 5.29. The van der Waals surface area contributed by atoms with E-state index in [9.17, 15) is 14.0 Å². The van der Waals surface area contributed by atoms with Gasteiger partial charge < -0.3 is 24.1 Å². The lowest BCUT2D eigenvalue weighted by Crippen LogP contribution is -2.16. The number of ether oxygens (including phenoxy) is 3. The van der Waals surface area contributed by atoms with Crippen LogP contribution < -0.4 is 14.8 Å². The van der Waals surface area contributed by atoms with Crippen molar-refractivity contribution in [3.63, 3.8) is 0 Å². The molecule has 0 aliphatic heterocycles. The van der Waals surface area contributed by atoms with Gasteiger partial charge in [-0.05, 0) is 35.9 Å². The van der Waals surface area contributed by atoms with Crippen LogP contribution in [0.5, 0.6) is 11.5 Å². The monoisotopic (exact) mass is 576 g/mol. The molecule has 9 nitrogen and oxygen atoms in total. The average Bonchev–Trinajstić information content (AvgIpc) is 3.49. The lowest BCUT2D eigenvalue weighted by Gasteiger charge is -2.09. The summed E-state index contributed by atoms with van der Waals surface area (Å²) >= 11 is 8.39. The van der Waals surface area contributed by atoms with Crippen molar-refractivity contribution in [3.05, 3.63) is 70.1 Å². The standard InChI is InChI=1S/C25H22ClFN4O5S2/c1-31-20(11-36-19-9-6-15(27)10-18(19)26)29-30-25(31)38-13-21(32)28-23-22(24(33)35-3)17(12-37-23)14-4-7-16(34-2)8-5-14/h4-10,12H,11,13H2,1-3H3,(H,28,32). The number of nitrogens with zero attached hydrogens (tertiary/aromatic N) is 3. The number of methoxy groups -OCH3 is 2. The highest BCUT2D eigenvalue weighted by molar-refractivity contribution is 7.99. The van der Waals surface area contributed by atoms with Crippen molar-refractivity contribution in [3.8, 4) is 22.6 Å². The zero-order chi connectivity index (χ0) is 27.2. The third kappa shape index (κ3) is 6.26. The maximum absolute atomic E-state index is 13.2. The molecule has 198 valence electrons. The van der Waals surface area contributed by atoms with Gasteiger partial charge in [0.1, 0.15) is 34.5 Å². The van der Waals surface area contributed by atoms with E-state index in [2.05, 4.69) is 15.5 Å². The van der Waals surface area contributed by atoms with Crippen LogP contribution in [-0.2, 0) is 23.2 Å². The van der Waals surface area contributed by atoms with Gasteiger partial charge in [-0.2, -0.15) is 0 Å². The minimum absolute atomic E-state index is 0.0208. The molecule has 0 aliphatic rings. The van der Waals surface area contributed by atoms with Gasteiger partial charge in [0, 0.05) is 18.0 Å². The van der Waals surface area contributed by atoms with E-state index in [-0.39, 0.29) is 28.9 Å². The summed E-state index contributed by atoms with van der Waals surface area (Å²) < 4.78 is 30.7. The van der Waals surface area contributed by atoms with E-state index in [1.807, 2.05) is 12.1 Å². The quantitative estimate of drug-likeness (QED) is 0.196. The number of halogens is 2. The molecule has 4 rings (SSSR count). The largest absolute Gasteiger partial charge is 0.497 e. The second-order valence-corrected chi connectivity index (χ2v) is 9.96. The van der Waals surface area contributed by atoms with Crippen LogP contribution in [0.3, 0.4) is 0 Å². The van der Waals surface area contributed by atoms with Crippen LogP contribution >= 0.6 is 34.7 Å². The van der Waals surface area contributed by atoms with Crippen LogP contribution in [0, 0.1) is 5.82 Å². The first kappa shape index (κ1) is 27.4. The number of thiophene rings is 1. The van der Waals surface area contributed by atoms with Crippen molar-refractivity contribution in [1.29, 1.82) is 0 Å². The summed E-state index contributed by atoms with van der Waals surface area (Å²) in [4.78, 5) is 25.3. The molecule has 1 N–H and O–H groups in total. The normalized spacial score (nSPS) is 10.8. The van der Waals surface area contributed by atoms with Crippen LogP contribution in [-0.4, -0.2) is 46.6 Å². The van der Waals surface area contributed by atoms with Crippen LogP contribution in [0.1, 0.15) is 16.2 Å². The summed E-state index contributed by atoms with van der Waals surface area (Å²) in [6, 6.07) is 11.1. The van der Waals surface area contributed by atoms with Crippen molar-refractivity contribution in [2.45, 2.75) is 11.8 Å². The number of hydrogen-bond donors (Lipinski definition) is 1. The Bertz CT molecular complexity index is 1460. The highest BCUT2D eigenvalue weighted by Crippen LogP contribution is 2.37. The second-order valence-electron chi connectivity index (χ2n) is 7.73. The Morgan fingerprint density at radius 3 is 2.61 bits per heavy atom. The Hall–Kier alpha value is -3.61. The molecule has 38 heavy (non-hydrogen) atoms. The smallest absolute Gasteiger partial charge is 0.341 e. The average molecular weight is 577 g/mol. The van der Waals surface area contributed by atoms with Gasteiger partial charge >= 0.3 is 5.97 Å². The minimum Gasteiger partial charge on any atom is -0.497 e. The lowest BCUT2D eigenvalue weighted by molar-refractivity contribution is -0.113. The van der Waals surface area contributed by atoms with Crippen molar-refractivity contribution >= 4 is 51.6 Å². The number of anilines is 1. The Labute approximate surface area is 230 Å². The van der Waals surface area contributed by atoms with Gasteiger partial charge in [-0.1, -0.05) is 35.5 Å². The topological polar surface area (TPSA) is 105 Å². The highest BCUT2D eigenvalue weighted by Gasteiger charge is 2.23. The summed E-state index contributed by atoms with van der Waals surface area (Å²) in [6.45, 7) is 0.0490. The maximum Gasteiger partial charge on any atom is 0.341 e. The van der Waals surface area contributed by atoms with Gasteiger partial charge in [0.25, 0.3) is 0 Å². The van der Waals surface area contributed by atoms with Gasteiger partial charge in [0.15, 0.2) is 11.0 Å². The fourth-order valence-electron chi connectivity index (χ4n) is 3.36. The Kier molecular flexibility index (Phi) is 8.87. The number of esters is 1. The molecule has 0 saturated carbocycles. The van der Waals surface area contributed by atoms with Gasteiger partial charge in [0.05, 0.1) is 25.0 Å². The van der Waals surface area contributed by atoms with E-state index in [0.717, 1.165) is 11.6 Å². The number of rotatable bonds is 10. The Morgan fingerprint density at radius 2 is 1.92 bits per heavy atom. The van der Waals surface area contributed by atoms with Crippen molar-refractivity contribution in [2.24, 2.45) is 7.05 Å². The molecule has 4 aromatic rings. The second kappa shape index (κ2) is 12.3. The van der Waals surface area contributed by atoms with E-state index >= 15 is 0 Å². The number of aromatic nitrogens is 3. The summed E-state index contributed by atoms with van der Waals surface area (Å²) in [7, 11) is 4.60. The molecule has 0 spiro atoms. The fraction of sp³-hybridized carbons (Fsp3) is 0.200. The molecule has 0 atom stereocenters. The molecule has 13 heteroatoms. The molecule has 0 bridgehead atoms. The summed E-state index contributed by atoms with van der Waals surface area (Å²) in [5.74, 6) is 0.164. The van der Waals surface area contributed by atoms with Crippen molar-refractivity contribution in [1.82, 2.24) is 14.8 Å². The molecule has 0 radical (unpaired) electrons. The van der Waals surface area contributed by atoms with Gasteiger partial charge in [-0.3, -0.25) is 4.79 Å². The Balaban J connectivity index is 1.40. The maximum atomic E-state index is 13.2. The third-order valence-electron chi connectivity index (χ3n) is 5.34. The zero-order valence-electron chi connectivity index (χ0n) is 20.5. The molecular formula is C25H22ClFN4O5S2. The summed E-state index contributed by atoms with van der Waals surface area (Å²) in [5, 5.41) is 13.8. The molecule has 0 unspecified atom stereocenters. The van der Waals surface area contributed by atoms with E-state index < -0.39 is 11.8 Å². The first-order valence-corrected chi connectivity index (χ1v) is 13.3. The first-order valence-electron chi connectivity index (χ1n) is 11.0. The molecule has 1 amide bonds. The van der Waals surface area contributed by atoms with Gasteiger partial charge in [0.2, 0.25) is 5.91 Å². The molecular weight excluding hydrogens is 555 g/mol. The van der Waals surface area contributed by atoms with E-state index in [0.29, 0.717) is 33.0 Å². The number of thioether (sulfide) groups is 1. The number of carbonyl (C=O) groups excluding carboxylic acids is 2. The van der Waals surface area contributed by atoms with Crippen molar-refractivity contribution < 1.29 is 28.2 Å². The number of amides is 1. The number of hydrogen-bond acceptors (Lipinski definition) is 9. The molecule has 0 aliphatic carbocycles. The molecule has 0 fully saturated rings. The minimum atomic E-state index is -0.556. The number of carbonyl (C=O) groups is 2. The number of benzene rings is 2. The first-order chi connectivity index (χ1) is 18.3. The summed E-state index contributed by atoms with van der Waals surface area (Å²) in [5.41, 5.74) is 1.71. The van der Waals surface area contributed by atoms with Crippen LogP contribution in [0.4, 0.5) is 9.39 Å². The SMILES string of the molecule is COC(=O)c1c(-c2ccc(OC)cc2)csc1NC(=O)CSc1nnc(COc2ccc(F)cc2Cl)n1C. The molecule has 2 heterocycles. The van der Waals surface area contributed by atoms with E-state index in [4.69, 9.17) is 25.8 Å². The van der Waals surface area contributed by atoms with Crippen LogP contribution in [0.2, 0.25) is 5.02 Å². The highest BCUT2D eigenvalue weighted by atomic mass is 35.5. The van der Waals surface area contributed by atoms with Crippen LogP contribution in [0.15, 0.2) is 53.0 Å². The van der Waals surface area contributed by atoms with Crippen molar-refractivity contribution in [2.75, 3.05) is 25.3 Å². The van der Waals surface area contributed by atoms with E-state index in [1.54, 1.807) is 36.2 Å². The molecule has 2 aromatic carbocycles. The lowest BCUT2D eigenvalue weighted by atomic mass is 10.0. The predicted molar refractivity (Wildman–Crippen MR) is 144 cm³/mol. The van der Waals surface area contributed by atoms with Gasteiger partial charge in [-0.25, -0.2) is 9.18 Å². The van der Waals surface area contributed by atoms with E-state index in [1.165, 1.54) is 42.3 Å².